The molecule has 4 heteroatoms. The van der Waals surface area contributed by atoms with E-state index in [-0.39, 0.29) is 13.1 Å². The Morgan fingerprint density at radius 1 is 0.714 bits per heavy atom. The maximum absolute atomic E-state index is 2.92. The van der Waals surface area contributed by atoms with Crippen LogP contribution < -0.4 is 5.32 Å². The van der Waals surface area contributed by atoms with Gasteiger partial charge in [-0.2, -0.15) is 0 Å². The number of aromatic nitrogens is 1. The molecule has 14 heavy (non-hydrogen) atoms. The van der Waals surface area contributed by atoms with Gasteiger partial charge < -0.3 is 10.3 Å². The highest BCUT2D eigenvalue weighted by atomic mass is 19.0. The molecule has 1 aromatic heterocycles. The van der Waals surface area contributed by atoms with E-state index in [4.69, 9.17) is 0 Å². The fourth-order valence-electron chi connectivity index (χ4n) is 0.684. The average Bonchev–Trinajstić information content (AvgIpc) is 2.54. The van der Waals surface area contributed by atoms with Gasteiger partial charge in [0.15, 0.2) is 0 Å². The summed E-state index contributed by atoms with van der Waals surface area (Å²) in [6.07, 6.45) is 15.3. The zero-order valence-electron chi connectivity index (χ0n) is 7.18. The summed E-state index contributed by atoms with van der Waals surface area (Å²) in [5.41, 5.74) is 0. The van der Waals surface area contributed by atoms with Crippen molar-refractivity contribution >= 4 is 8.41 Å². The monoisotopic (exact) mass is 194 g/mol. The molecule has 0 unspecified atom stereocenters. The van der Waals surface area contributed by atoms with Crippen molar-refractivity contribution in [3.8, 4) is 0 Å². The number of hydrogen-bond acceptors (Lipinski definition) is 1. The number of halogens is 1. The highest BCUT2D eigenvalue weighted by Crippen LogP contribution is 1.81. The van der Waals surface area contributed by atoms with E-state index in [0.717, 1.165) is 0 Å². The molecular weight excluding hydrogens is 178 g/mol. The van der Waals surface area contributed by atoms with Crippen LogP contribution in [0, 0.1) is 0 Å². The van der Waals surface area contributed by atoms with Crippen LogP contribution in [0.5, 0.6) is 0 Å². The van der Waals surface area contributed by atoms with Crippen LogP contribution in [0.2, 0.25) is 0 Å². The van der Waals surface area contributed by atoms with Crippen LogP contribution in [0.15, 0.2) is 61.2 Å². The zero-order chi connectivity index (χ0) is 8.49. The summed E-state index contributed by atoms with van der Waals surface area (Å²) in [6.45, 7) is 0. The maximum atomic E-state index is 2.92. The lowest BCUT2D eigenvalue weighted by Crippen LogP contribution is -1.87. The van der Waals surface area contributed by atoms with Crippen molar-refractivity contribution in [3.63, 3.8) is 0 Å². The van der Waals surface area contributed by atoms with Gasteiger partial charge in [0.2, 0.25) is 0 Å². The van der Waals surface area contributed by atoms with Gasteiger partial charge in [-0.1, -0.05) is 12.2 Å². The summed E-state index contributed by atoms with van der Waals surface area (Å²) in [5.74, 6) is 0. The molecule has 0 atom stereocenters. The molecule has 1 aliphatic heterocycles. The molecule has 1 aliphatic rings. The lowest BCUT2D eigenvalue weighted by atomic mass is 10.5. The van der Waals surface area contributed by atoms with Crippen LogP contribution >= 0.6 is 0 Å². The largest absolute Gasteiger partial charge is 0.368 e. The minimum atomic E-state index is 0. The third kappa shape index (κ3) is 8.39. The second-order valence-corrected chi connectivity index (χ2v) is 2.15. The van der Waals surface area contributed by atoms with Crippen molar-refractivity contribution in [2.45, 2.75) is 0 Å². The molecular formula is C10H16BFN2. The average molecular weight is 194 g/mol. The molecule has 76 valence electrons. The van der Waals surface area contributed by atoms with Crippen LogP contribution in [0.3, 0.4) is 0 Å². The highest BCUT2D eigenvalue weighted by Gasteiger charge is 1.67. The smallest absolute Gasteiger partial charge is 0.0814 e. The van der Waals surface area contributed by atoms with Crippen LogP contribution in [-0.2, 0) is 0 Å². The van der Waals surface area contributed by atoms with Gasteiger partial charge in [0.1, 0.15) is 0 Å². The van der Waals surface area contributed by atoms with Crippen molar-refractivity contribution in [3.05, 3.63) is 61.2 Å². The van der Waals surface area contributed by atoms with E-state index in [1.165, 1.54) is 0 Å². The first-order valence-corrected chi connectivity index (χ1v) is 3.82. The Morgan fingerprint density at radius 2 is 1.21 bits per heavy atom. The zero-order valence-corrected chi connectivity index (χ0v) is 7.18. The summed E-state index contributed by atoms with van der Waals surface area (Å²) in [6, 6.07) is 3.89. The van der Waals surface area contributed by atoms with Crippen molar-refractivity contribution in [1.82, 2.24) is 10.3 Å². The number of rotatable bonds is 0. The Hall–Kier alpha value is -1.71. The topological polar surface area (TPSA) is 27.8 Å². The van der Waals surface area contributed by atoms with Gasteiger partial charge >= 0.3 is 0 Å². The molecule has 2 heterocycles. The molecule has 0 aliphatic carbocycles. The van der Waals surface area contributed by atoms with Crippen molar-refractivity contribution < 1.29 is 4.70 Å². The molecule has 1 aromatic rings. The van der Waals surface area contributed by atoms with Gasteiger partial charge in [-0.25, -0.2) is 0 Å². The fourth-order valence-corrected chi connectivity index (χ4v) is 0.684. The van der Waals surface area contributed by atoms with Crippen molar-refractivity contribution in [2.75, 3.05) is 0 Å². The number of hydrogen-bond donors (Lipinski definition) is 2. The Morgan fingerprint density at radius 3 is 1.57 bits per heavy atom. The number of allylic oxidation sites excluding steroid dienone is 4. The maximum Gasteiger partial charge on any atom is 0.0814 e. The lowest BCUT2D eigenvalue weighted by molar-refractivity contribution is 1.11. The van der Waals surface area contributed by atoms with Crippen LogP contribution in [0.4, 0.5) is 4.70 Å². The first-order valence-electron chi connectivity index (χ1n) is 3.82. The van der Waals surface area contributed by atoms with Gasteiger partial charge in [-0.3, -0.25) is 4.70 Å². The molecule has 0 bridgehead atoms. The molecule has 0 spiro atoms. The number of H-pyrrole nitrogens is 1. The van der Waals surface area contributed by atoms with Gasteiger partial charge in [0, 0.05) is 24.8 Å². The van der Waals surface area contributed by atoms with Crippen LogP contribution in [0.1, 0.15) is 0 Å². The Labute approximate surface area is 85.4 Å². The molecule has 0 fully saturated rings. The molecule has 0 aromatic carbocycles. The quantitative estimate of drug-likeness (QED) is 0.596. The summed E-state index contributed by atoms with van der Waals surface area (Å²) >= 11 is 0. The Kier molecular flexibility index (Phi) is 11.9. The van der Waals surface area contributed by atoms with Gasteiger partial charge in [-0.05, 0) is 24.3 Å². The van der Waals surface area contributed by atoms with Gasteiger partial charge in [0.05, 0.1) is 8.41 Å². The molecule has 2 nitrogen and oxygen atoms in total. The third-order valence-corrected chi connectivity index (χ3v) is 1.21. The van der Waals surface area contributed by atoms with Crippen molar-refractivity contribution in [2.24, 2.45) is 0 Å². The predicted molar refractivity (Wildman–Crippen MR) is 63.8 cm³/mol. The Balaban J connectivity index is 0. The predicted octanol–water partition coefficient (Wildman–Crippen LogP) is 1.16. The van der Waals surface area contributed by atoms with Crippen LogP contribution in [0.25, 0.3) is 0 Å². The standard InChI is InChI=1S/C6H7N.C4H5N.BH3.FH/c1-2-4-6-7-5-3-1;1-2-4-5-3-1;;/h1-7H;1-5H;1H3;1H. The third-order valence-electron chi connectivity index (χ3n) is 1.21. The van der Waals surface area contributed by atoms with E-state index in [1.807, 2.05) is 61.2 Å². The van der Waals surface area contributed by atoms with E-state index >= 15 is 0 Å². The molecule has 0 saturated heterocycles. The minimum absolute atomic E-state index is 0. The van der Waals surface area contributed by atoms with E-state index in [2.05, 4.69) is 10.3 Å². The molecule has 0 radical (unpaired) electrons. The minimum Gasteiger partial charge on any atom is -0.368 e. The van der Waals surface area contributed by atoms with E-state index in [9.17, 15) is 0 Å². The van der Waals surface area contributed by atoms with Gasteiger partial charge in [0.25, 0.3) is 0 Å². The number of aromatic amines is 1. The van der Waals surface area contributed by atoms with E-state index < -0.39 is 0 Å². The highest BCUT2D eigenvalue weighted by molar-refractivity contribution is 5.75. The fraction of sp³-hybridized carbons (Fsp3) is 0. The summed E-state index contributed by atoms with van der Waals surface area (Å²) in [4.78, 5) is 2.86. The molecule has 2 N–H and O–H groups in total. The normalized spacial score (nSPS) is 10.9. The first kappa shape index (κ1) is 14.8. The molecule has 0 saturated carbocycles. The molecule has 0 amide bonds. The second kappa shape index (κ2) is 11.3. The van der Waals surface area contributed by atoms with Crippen LogP contribution in [-0.4, -0.2) is 13.4 Å². The SMILES string of the molecule is B.C1=CC=CNC=C1.F.c1cc[nH]c1. The lowest BCUT2D eigenvalue weighted by Gasteiger charge is -1.79. The second-order valence-electron chi connectivity index (χ2n) is 2.15. The van der Waals surface area contributed by atoms with Crippen molar-refractivity contribution in [1.29, 1.82) is 0 Å². The van der Waals surface area contributed by atoms with Gasteiger partial charge in [-0.15, -0.1) is 0 Å². The summed E-state index contributed by atoms with van der Waals surface area (Å²) < 4.78 is 0. The van der Waals surface area contributed by atoms with E-state index in [1.54, 1.807) is 0 Å². The molecule has 2 rings (SSSR count). The summed E-state index contributed by atoms with van der Waals surface area (Å²) in [5, 5.41) is 2.92. The number of nitrogens with one attached hydrogen (secondary N) is 2. The van der Waals surface area contributed by atoms with E-state index in [0.29, 0.717) is 0 Å². The Bertz CT molecular complexity index is 234. The summed E-state index contributed by atoms with van der Waals surface area (Å²) in [7, 11) is 0. The first-order chi connectivity index (χ1) is 6.00.